The monoisotopic (exact) mass is 289 g/mol. The van der Waals surface area contributed by atoms with Gasteiger partial charge in [0.15, 0.2) is 5.66 Å². The van der Waals surface area contributed by atoms with Gasteiger partial charge in [0, 0.05) is 5.56 Å². The molecule has 114 valence electrons. The van der Waals surface area contributed by atoms with E-state index in [9.17, 15) is 4.39 Å². The Labute approximate surface area is 126 Å². The van der Waals surface area contributed by atoms with Gasteiger partial charge in [0.2, 0.25) is 0 Å². The Hall–Kier alpha value is -1.71. The summed E-state index contributed by atoms with van der Waals surface area (Å²) in [5.41, 5.74) is 0.556. The minimum atomic E-state index is -0.346. The van der Waals surface area contributed by atoms with E-state index in [1.165, 1.54) is 12.1 Å². The average molecular weight is 289 g/mol. The first-order valence-corrected chi connectivity index (χ1v) is 7.85. The molecule has 0 spiro atoms. The minimum Gasteiger partial charge on any atom is -0.331 e. The summed E-state index contributed by atoms with van der Waals surface area (Å²) >= 11 is 0. The van der Waals surface area contributed by atoms with Crippen molar-refractivity contribution < 1.29 is 4.39 Å². The minimum absolute atomic E-state index is 0.230. The maximum Gasteiger partial charge on any atom is 0.154 e. The van der Waals surface area contributed by atoms with Crippen molar-refractivity contribution in [3.05, 3.63) is 35.6 Å². The maximum absolute atomic E-state index is 13.1. The van der Waals surface area contributed by atoms with Gasteiger partial charge in [0.25, 0.3) is 0 Å². The first-order chi connectivity index (χ1) is 10.2. The van der Waals surface area contributed by atoms with Crippen molar-refractivity contribution in [1.29, 1.82) is 0 Å². The zero-order valence-corrected chi connectivity index (χ0v) is 12.9. The maximum atomic E-state index is 13.1. The Kier molecular flexibility index (Phi) is 5.48. The van der Waals surface area contributed by atoms with Crippen LogP contribution in [0.2, 0.25) is 0 Å². The molecule has 0 amide bonds. The highest BCUT2D eigenvalue weighted by atomic mass is 19.1. The lowest BCUT2D eigenvalue weighted by Gasteiger charge is -2.30. The highest BCUT2D eigenvalue weighted by Gasteiger charge is 2.29. The van der Waals surface area contributed by atoms with Crippen molar-refractivity contribution in [1.82, 2.24) is 5.32 Å². The first kappa shape index (κ1) is 15.7. The molecular formula is C17H24FN3. The molecule has 1 aliphatic heterocycles. The molecule has 0 bridgehead atoms. The second kappa shape index (κ2) is 7.34. The lowest BCUT2D eigenvalue weighted by atomic mass is 9.96. The van der Waals surface area contributed by atoms with Crippen LogP contribution in [0.4, 0.5) is 4.39 Å². The van der Waals surface area contributed by atoms with Gasteiger partial charge in [-0.3, -0.25) is 0 Å². The molecule has 0 saturated heterocycles. The summed E-state index contributed by atoms with van der Waals surface area (Å²) in [6.07, 6.45) is 8.18. The number of rotatable bonds is 7. The second-order valence-corrected chi connectivity index (χ2v) is 5.56. The van der Waals surface area contributed by atoms with E-state index < -0.39 is 0 Å². The average Bonchev–Trinajstić information content (AvgIpc) is 2.52. The normalized spacial score (nSPS) is 16.4. The number of unbranched alkanes of at least 4 members (excludes halogenated alkanes) is 2. The molecule has 0 atom stereocenters. The summed E-state index contributed by atoms with van der Waals surface area (Å²) in [4.78, 5) is 9.51. The van der Waals surface area contributed by atoms with Crippen LogP contribution in [0.3, 0.4) is 0 Å². The molecule has 2 rings (SSSR count). The Morgan fingerprint density at radius 1 is 1.05 bits per heavy atom. The molecule has 4 heteroatoms. The number of hydrogen-bond acceptors (Lipinski definition) is 3. The van der Waals surface area contributed by atoms with Gasteiger partial charge < -0.3 is 5.32 Å². The summed E-state index contributed by atoms with van der Waals surface area (Å²) in [6, 6.07) is 6.44. The van der Waals surface area contributed by atoms with Crippen LogP contribution < -0.4 is 5.32 Å². The Morgan fingerprint density at radius 2 is 1.67 bits per heavy atom. The number of nitrogens with one attached hydrogen (secondary N) is 1. The fourth-order valence-electron chi connectivity index (χ4n) is 2.52. The molecule has 0 saturated carbocycles. The van der Waals surface area contributed by atoms with E-state index in [-0.39, 0.29) is 11.5 Å². The molecule has 0 fully saturated rings. The van der Waals surface area contributed by atoms with Gasteiger partial charge in [-0.25, -0.2) is 14.4 Å². The van der Waals surface area contributed by atoms with Gasteiger partial charge >= 0.3 is 0 Å². The zero-order valence-electron chi connectivity index (χ0n) is 12.9. The fourth-order valence-corrected chi connectivity index (χ4v) is 2.52. The molecular weight excluding hydrogens is 265 g/mol. The van der Waals surface area contributed by atoms with Gasteiger partial charge in [-0.15, -0.1) is 0 Å². The third kappa shape index (κ3) is 4.13. The molecule has 0 aliphatic carbocycles. The number of nitrogens with zero attached hydrogens (tertiary/aromatic N) is 2. The van der Waals surface area contributed by atoms with E-state index >= 15 is 0 Å². The quantitative estimate of drug-likeness (QED) is 0.799. The van der Waals surface area contributed by atoms with Gasteiger partial charge in [-0.1, -0.05) is 26.7 Å². The van der Waals surface area contributed by atoms with Crippen LogP contribution in [0, 0.1) is 5.82 Å². The molecule has 1 aliphatic rings. The van der Waals surface area contributed by atoms with E-state index in [0.717, 1.165) is 49.9 Å². The summed E-state index contributed by atoms with van der Waals surface area (Å²) in [5, 5.41) is 3.10. The molecule has 21 heavy (non-hydrogen) atoms. The molecule has 0 aromatic heterocycles. The number of benzene rings is 1. The number of hydrogen-bond donors (Lipinski definition) is 1. The molecule has 0 radical (unpaired) electrons. The highest BCUT2D eigenvalue weighted by Crippen LogP contribution is 2.29. The number of amidine groups is 1. The third-order valence-electron chi connectivity index (χ3n) is 3.81. The van der Waals surface area contributed by atoms with Crippen LogP contribution in [0.1, 0.15) is 57.9 Å². The van der Waals surface area contributed by atoms with Crippen molar-refractivity contribution in [2.45, 2.75) is 58.0 Å². The predicted octanol–water partition coefficient (Wildman–Crippen LogP) is 4.28. The summed E-state index contributed by atoms with van der Waals surface area (Å²) in [6.45, 7) is 4.37. The lowest BCUT2D eigenvalue weighted by Crippen LogP contribution is -2.37. The van der Waals surface area contributed by atoms with E-state index in [1.807, 2.05) is 0 Å². The SMILES string of the molecule is CCCCC1(CCCC)N=CNC(c2ccc(F)cc2)=N1. The van der Waals surface area contributed by atoms with E-state index in [4.69, 9.17) is 4.99 Å². The van der Waals surface area contributed by atoms with Crippen LogP contribution in [0.25, 0.3) is 0 Å². The van der Waals surface area contributed by atoms with Crippen molar-refractivity contribution in [2.75, 3.05) is 0 Å². The topological polar surface area (TPSA) is 36.8 Å². The van der Waals surface area contributed by atoms with Crippen LogP contribution >= 0.6 is 0 Å². The summed E-state index contributed by atoms with van der Waals surface area (Å²) < 4.78 is 13.1. The van der Waals surface area contributed by atoms with Gasteiger partial charge in [-0.05, 0) is 49.9 Å². The van der Waals surface area contributed by atoms with Crippen molar-refractivity contribution in [3.63, 3.8) is 0 Å². The van der Waals surface area contributed by atoms with Crippen LogP contribution in [-0.2, 0) is 0 Å². The summed E-state index contributed by atoms with van der Waals surface area (Å²) in [7, 11) is 0. The van der Waals surface area contributed by atoms with Crippen LogP contribution in [0.5, 0.6) is 0 Å². The Balaban J connectivity index is 2.24. The lowest BCUT2D eigenvalue weighted by molar-refractivity contribution is 0.359. The Morgan fingerprint density at radius 3 is 2.24 bits per heavy atom. The predicted molar refractivity (Wildman–Crippen MR) is 86.3 cm³/mol. The van der Waals surface area contributed by atoms with Crippen LogP contribution in [-0.4, -0.2) is 17.8 Å². The zero-order chi connectivity index (χ0) is 15.1. The van der Waals surface area contributed by atoms with E-state index in [0.29, 0.717) is 0 Å². The third-order valence-corrected chi connectivity index (χ3v) is 3.81. The molecule has 1 N–H and O–H groups in total. The molecule has 0 unspecified atom stereocenters. The van der Waals surface area contributed by atoms with Crippen molar-refractivity contribution >= 4 is 12.2 Å². The highest BCUT2D eigenvalue weighted by molar-refractivity contribution is 6.05. The molecule has 3 nitrogen and oxygen atoms in total. The molecule has 1 heterocycles. The second-order valence-electron chi connectivity index (χ2n) is 5.56. The Bertz CT molecular complexity index is 497. The standard InChI is InChI=1S/C17H24FN3/c1-3-5-11-17(12-6-4-2)20-13-19-16(21-17)14-7-9-15(18)10-8-14/h7-10,13H,3-6,11-12H2,1-2H3,(H,19,20,21). The van der Waals surface area contributed by atoms with Crippen LogP contribution in [0.15, 0.2) is 34.3 Å². The van der Waals surface area contributed by atoms with E-state index in [2.05, 4.69) is 24.2 Å². The largest absolute Gasteiger partial charge is 0.331 e. The number of halogens is 1. The van der Waals surface area contributed by atoms with Crippen molar-refractivity contribution in [3.8, 4) is 0 Å². The van der Waals surface area contributed by atoms with Gasteiger partial charge in [0.1, 0.15) is 11.7 Å². The fraction of sp³-hybridized carbons (Fsp3) is 0.529. The molecule has 1 aromatic carbocycles. The molecule has 1 aromatic rings. The summed E-state index contributed by atoms with van der Waals surface area (Å²) in [5.74, 6) is 0.560. The first-order valence-electron chi connectivity index (χ1n) is 7.85. The number of aliphatic imine (C=N–C) groups is 2. The smallest absolute Gasteiger partial charge is 0.154 e. The van der Waals surface area contributed by atoms with Crippen molar-refractivity contribution in [2.24, 2.45) is 9.98 Å². The van der Waals surface area contributed by atoms with E-state index in [1.54, 1.807) is 18.5 Å². The van der Waals surface area contributed by atoms with Gasteiger partial charge in [0.05, 0.1) is 6.34 Å². The van der Waals surface area contributed by atoms with Gasteiger partial charge in [-0.2, -0.15) is 0 Å².